The number of rotatable bonds is 8. The van der Waals surface area contributed by atoms with Crippen LogP contribution in [-0.4, -0.2) is 26.2 Å². The van der Waals surface area contributed by atoms with Crippen molar-refractivity contribution in [1.82, 2.24) is 5.32 Å². The van der Waals surface area contributed by atoms with Crippen molar-refractivity contribution in [3.05, 3.63) is 53.6 Å². The Morgan fingerprint density at radius 3 is 2.27 bits per heavy atom. The van der Waals surface area contributed by atoms with Gasteiger partial charge in [-0.25, -0.2) is 0 Å². The maximum atomic E-state index is 12.6. The number of nitrogens with one attached hydrogen (secondary N) is 1. The summed E-state index contributed by atoms with van der Waals surface area (Å²) in [5.41, 5.74) is 2.08. The zero-order chi connectivity index (χ0) is 19.1. The van der Waals surface area contributed by atoms with Gasteiger partial charge in [0.2, 0.25) is 0 Å². The van der Waals surface area contributed by atoms with Crippen LogP contribution in [0.3, 0.4) is 0 Å². The lowest BCUT2D eigenvalue weighted by Gasteiger charge is -2.22. The highest BCUT2D eigenvalue weighted by Gasteiger charge is 2.21. The molecule has 26 heavy (non-hydrogen) atoms. The van der Waals surface area contributed by atoms with Crippen LogP contribution < -0.4 is 19.5 Å². The average molecular weight is 357 g/mol. The van der Waals surface area contributed by atoms with Gasteiger partial charge in [0.15, 0.2) is 17.6 Å². The summed E-state index contributed by atoms with van der Waals surface area (Å²) < 4.78 is 16.3. The maximum absolute atomic E-state index is 12.6. The number of amides is 1. The lowest BCUT2D eigenvalue weighted by molar-refractivity contribution is -0.128. The summed E-state index contributed by atoms with van der Waals surface area (Å²) in [5.74, 6) is 1.81. The van der Waals surface area contributed by atoms with Gasteiger partial charge < -0.3 is 19.5 Å². The summed E-state index contributed by atoms with van der Waals surface area (Å²) >= 11 is 0. The molecule has 0 bridgehead atoms. The molecule has 0 unspecified atom stereocenters. The Morgan fingerprint density at radius 1 is 1.04 bits per heavy atom. The predicted octanol–water partition coefficient (Wildman–Crippen LogP) is 4.05. The number of hydrogen-bond donors (Lipinski definition) is 1. The molecule has 1 amide bonds. The second-order valence-corrected chi connectivity index (χ2v) is 6.11. The molecule has 2 atom stereocenters. The van der Waals surface area contributed by atoms with Crippen LogP contribution in [0.1, 0.15) is 37.4 Å². The van der Waals surface area contributed by atoms with Crippen molar-refractivity contribution in [2.24, 2.45) is 0 Å². The molecule has 0 heterocycles. The molecular formula is C21H27NO4. The number of benzene rings is 2. The lowest BCUT2D eigenvalue weighted by atomic mass is 10.0. The van der Waals surface area contributed by atoms with E-state index in [-0.39, 0.29) is 11.9 Å². The molecule has 0 spiro atoms. The van der Waals surface area contributed by atoms with Gasteiger partial charge in [-0.3, -0.25) is 4.79 Å². The van der Waals surface area contributed by atoms with Gasteiger partial charge in [-0.2, -0.15) is 0 Å². The standard InChI is InChI=1S/C21H27NO4/c1-6-17(16-11-12-18(24-4)14(2)13-16)22-21(23)15(3)26-20-10-8-7-9-19(20)25-5/h7-13,15,17H,6H2,1-5H3,(H,22,23)/t15-,17-/m0/s1. The van der Waals surface area contributed by atoms with E-state index >= 15 is 0 Å². The first-order chi connectivity index (χ1) is 12.5. The van der Waals surface area contributed by atoms with E-state index in [1.807, 2.05) is 44.2 Å². The fourth-order valence-corrected chi connectivity index (χ4v) is 2.79. The number of methoxy groups -OCH3 is 2. The van der Waals surface area contributed by atoms with Gasteiger partial charge in [0, 0.05) is 0 Å². The largest absolute Gasteiger partial charge is 0.496 e. The van der Waals surface area contributed by atoms with Gasteiger partial charge in [0.25, 0.3) is 5.91 Å². The van der Waals surface area contributed by atoms with E-state index in [4.69, 9.17) is 14.2 Å². The van der Waals surface area contributed by atoms with Crippen molar-refractivity contribution < 1.29 is 19.0 Å². The maximum Gasteiger partial charge on any atom is 0.261 e. The Morgan fingerprint density at radius 2 is 1.69 bits per heavy atom. The van der Waals surface area contributed by atoms with E-state index in [1.54, 1.807) is 33.3 Å². The van der Waals surface area contributed by atoms with E-state index in [0.29, 0.717) is 11.5 Å². The number of carbonyl (C=O) groups is 1. The molecule has 0 aromatic heterocycles. The van der Waals surface area contributed by atoms with Gasteiger partial charge in [-0.05, 0) is 49.6 Å². The van der Waals surface area contributed by atoms with Crippen molar-refractivity contribution in [3.63, 3.8) is 0 Å². The monoisotopic (exact) mass is 357 g/mol. The number of hydrogen-bond acceptors (Lipinski definition) is 4. The summed E-state index contributed by atoms with van der Waals surface area (Å²) in [4.78, 5) is 12.6. The van der Waals surface area contributed by atoms with E-state index < -0.39 is 6.10 Å². The molecule has 0 aliphatic carbocycles. The Kier molecular flexibility index (Phi) is 6.89. The summed E-state index contributed by atoms with van der Waals surface area (Å²) in [5, 5.41) is 3.06. The van der Waals surface area contributed by atoms with Crippen LogP contribution in [0.15, 0.2) is 42.5 Å². The zero-order valence-corrected chi connectivity index (χ0v) is 16.0. The van der Waals surface area contributed by atoms with E-state index in [1.165, 1.54) is 0 Å². The molecule has 0 saturated heterocycles. The second-order valence-electron chi connectivity index (χ2n) is 6.11. The third-order valence-electron chi connectivity index (χ3n) is 4.29. The van der Waals surface area contributed by atoms with Crippen molar-refractivity contribution in [1.29, 1.82) is 0 Å². The minimum Gasteiger partial charge on any atom is -0.496 e. The average Bonchev–Trinajstić information content (AvgIpc) is 2.66. The SMILES string of the molecule is CC[C@H](NC(=O)[C@H](C)Oc1ccccc1OC)c1ccc(OC)c(C)c1. The first kappa shape index (κ1) is 19.6. The Balaban J connectivity index is 2.07. The van der Waals surface area contributed by atoms with Crippen molar-refractivity contribution >= 4 is 5.91 Å². The number of carbonyl (C=O) groups excluding carboxylic acids is 1. The van der Waals surface area contributed by atoms with Crippen molar-refractivity contribution in [3.8, 4) is 17.2 Å². The normalized spacial score (nSPS) is 12.8. The molecule has 1 N–H and O–H groups in total. The molecule has 0 fully saturated rings. The summed E-state index contributed by atoms with van der Waals surface area (Å²) in [6.45, 7) is 5.76. The highest BCUT2D eigenvalue weighted by Crippen LogP contribution is 2.27. The number of ether oxygens (including phenoxy) is 3. The molecule has 0 aliphatic heterocycles. The molecule has 0 saturated carbocycles. The molecule has 0 radical (unpaired) electrons. The van der Waals surface area contributed by atoms with E-state index in [0.717, 1.165) is 23.3 Å². The smallest absolute Gasteiger partial charge is 0.261 e. The second kappa shape index (κ2) is 9.13. The third-order valence-corrected chi connectivity index (χ3v) is 4.29. The van der Waals surface area contributed by atoms with Crippen LogP contribution in [0.4, 0.5) is 0 Å². The highest BCUT2D eigenvalue weighted by molar-refractivity contribution is 5.81. The van der Waals surface area contributed by atoms with Gasteiger partial charge in [0.1, 0.15) is 5.75 Å². The summed E-state index contributed by atoms with van der Waals surface area (Å²) in [6, 6.07) is 13.1. The highest BCUT2D eigenvalue weighted by atomic mass is 16.5. The Hall–Kier alpha value is -2.69. The third kappa shape index (κ3) is 4.69. The summed E-state index contributed by atoms with van der Waals surface area (Å²) in [6.07, 6.45) is 0.138. The zero-order valence-electron chi connectivity index (χ0n) is 16.0. The minimum absolute atomic E-state index is 0.0872. The van der Waals surface area contributed by atoms with Crippen LogP contribution >= 0.6 is 0 Å². The summed E-state index contributed by atoms with van der Waals surface area (Å²) in [7, 11) is 3.23. The molecule has 2 rings (SSSR count). The van der Waals surface area contributed by atoms with Gasteiger partial charge in [-0.15, -0.1) is 0 Å². The molecule has 140 valence electrons. The molecule has 5 nitrogen and oxygen atoms in total. The number of aryl methyl sites for hydroxylation is 1. The first-order valence-electron chi connectivity index (χ1n) is 8.74. The van der Waals surface area contributed by atoms with Crippen LogP contribution in [-0.2, 0) is 4.79 Å². The van der Waals surface area contributed by atoms with Crippen LogP contribution in [0.25, 0.3) is 0 Å². The molecular weight excluding hydrogens is 330 g/mol. The fraction of sp³-hybridized carbons (Fsp3) is 0.381. The Labute approximate surface area is 155 Å². The van der Waals surface area contributed by atoms with Gasteiger partial charge in [-0.1, -0.05) is 31.2 Å². The molecule has 5 heteroatoms. The molecule has 2 aromatic carbocycles. The van der Waals surface area contributed by atoms with Gasteiger partial charge in [0.05, 0.1) is 20.3 Å². The van der Waals surface area contributed by atoms with Crippen LogP contribution in [0.2, 0.25) is 0 Å². The topological polar surface area (TPSA) is 56.8 Å². The van der Waals surface area contributed by atoms with Crippen molar-refractivity contribution in [2.45, 2.75) is 39.3 Å². The molecule has 0 aliphatic rings. The van der Waals surface area contributed by atoms with Crippen molar-refractivity contribution in [2.75, 3.05) is 14.2 Å². The van der Waals surface area contributed by atoms with Crippen LogP contribution in [0.5, 0.6) is 17.2 Å². The first-order valence-corrected chi connectivity index (χ1v) is 8.74. The number of para-hydroxylation sites is 2. The van der Waals surface area contributed by atoms with Gasteiger partial charge >= 0.3 is 0 Å². The fourth-order valence-electron chi connectivity index (χ4n) is 2.79. The quantitative estimate of drug-likeness (QED) is 0.774. The van der Waals surface area contributed by atoms with Crippen LogP contribution in [0, 0.1) is 6.92 Å². The van der Waals surface area contributed by atoms with E-state index in [2.05, 4.69) is 5.32 Å². The predicted molar refractivity (Wildman–Crippen MR) is 102 cm³/mol. The minimum atomic E-state index is -0.639. The van der Waals surface area contributed by atoms with E-state index in [9.17, 15) is 4.79 Å². The Bertz CT molecular complexity index is 745. The lowest BCUT2D eigenvalue weighted by Crippen LogP contribution is -2.38. The molecule has 2 aromatic rings.